The first kappa shape index (κ1) is 12.2. The zero-order valence-corrected chi connectivity index (χ0v) is 11.0. The van der Waals surface area contributed by atoms with E-state index < -0.39 is 5.91 Å². The molecule has 0 aliphatic carbocycles. The molecule has 0 saturated heterocycles. The Labute approximate surface area is 116 Å². The maximum absolute atomic E-state index is 11.2. The Kier molecular flexibility index (Phi) is 2.87. The second-order valence-electron chi connectivity index (χ2n) is 4.64. The number of pyridine rings is 1. The zero-order chi connectivity index (χ0) is 14.1. The van der Waals surface area contributed by atoms with Crippen molar-refractivity contribution < 1.29 is 4.79 Å². The van der Waals surface area contributed by atoms with Crippen LogP contribution in [0.5, 0.6) is 0 Å². The summed E-state index contributed by atoms with van der Waals surface area (Å²) in [5, 5.41) is 3.27. The van der Waals surface area contributed by atoms with Crippen LogP contribution in [0.4, 0.5) is 11.4 Å². The molecule has 0 saturated carbocycles. The van der Waals surface area contributed by atoms with E-state index in [0.29, 0.717) is 5.56 Å². The Balaban J connectivity index is 1.96. The van der Waals surface area contributed by atoms with E-state index in [1.807, 2.05) is 35.9 Å². The fraction of sp³-hybridized carbons (Fsp3) is 0.0667. The maximum Gasteiger partial charge on any atom is 0.248 e. The number of primary amides is 1. The Bertz CT molecular complexity index is 791. The first-order chi connectivity index (χ1) is 9.63. The average molecular weight is 266 g/mol. The molecule has 0 bridgehead atoms. The zero-order valence-electron chi connectivity index (χ0n) is 11.0. The summed E-state index contributed by atoms with van der Waals surface area (Å²) in [4.78, 5) is 15.5. The molecule has 0 fully saturated rings. The summed E-state index contributed by atoms with van der Waals surface area (Å²) in [7, 11) is 0. The number of nitrogens with one attached hydrogen (secondary N) is 1. The lowest BCUT2D eigenvalue weighted by Crippen LogP contribution is -2.10. The molecule has 3 N–H and O–H groups in total. The third-order valence-electron chi connectivity index (χ3n) is 3.11. The quantitative estimate of drug-likeness (QED) is 0.765. The van der Waals surface area contributed by atoms with Gasteiger partial charge in [-0.15, -0.1) is 0 Å². The number of benzene rings is 1. The Morgan fingerprint density at radius 1 is 1.30 bits per heavy atom. The van der Waals surface area contributed by atoms with Crippen molar-refractivity contribution in [2.75, 3.05) is 5.32 Å². The number of fused-ring (bicyclic) bond motifs is 1. The van der Waals surface area contributed by atoms with Gasteiger partial charge in [0.25, 0.3) is 0 Å². The van der Waals surface area contributed by atoms with Gasteiger partial charge >= 0.3 is 0 Å². The van der Waals surface area contributed by atoms with Crippen molar-refractivity contribution in [1.29, 1.82) is 0 Å². The van der Waals surface area contributed by atoms with Gasteiger partial charge in [-0.1, -0.05) is 6.07 Å². The van der Waals surface area contributed by atoms with Gasteiger partial charge in [0, 0.05) is 29.8 Å². The van der Waals surface area contributed by atoms with E-state index in [4.69, 9.17) is 5.73 Å². The van der Waals surface area contributed by atoms with Crippen LogP contribution < -0.4 is 11.1 Å². The second-order valence-corrected chi connectivity index (χ2v) is 4.64. The molecule has 0 aliphatic rings. The molecule has 5 heteroatoms. The third-order valence-corrected chi connectivity index (χ3v) is 3.11. The minimum atomic E-state index is -0.435. The van der Waals surface area contributed by atoms with Gasteiger partial charge in [0.1, 0.15) is 5.65 Å². The van der Waals surface area contributed by atoms with E-state index >= 15 is 0 Å². The monoisotopic (exact) mass is 266 g/mol. The summed E-state index contributed by atoms with van der Waals surface area (Å²) in [6.07, 6.45) is 5.61. The molecule has 0 unspecified atom stereocenters. The molecular formula is C15H14N4O. The minimum Gasteiger partial charge on any atom is -0.366 e. The first-order valence-corrected chi connectivity index (χ1v) is 6.24. The standard InChI is InChI=1S/C15H14N4O/c1-10-7-13(9-19-6-5-17-15(10)19)18-12-4-2-3-11(8-12)14(16)20/h2-9,18H,1H3,(H2,16,20). The summed E-state index contributed by atoms with van der Waals surface area (Å²) in [5.74, 6) is -0.435. The molecule has 1 aromatic carbocycles. The highest BCUT2D eigenvalue weighted by Gasteiger charge is 2.04. The second kappa shape index (κ2) is 4.70. The number of aryl methyl sites for hydroxylation is 1. The van der Waals surface area contributed by atoms with Gasteiger partial charge in [-0.2, -0.15) is 0 Å². The molecule has 2 heterocycles. The van der Waals surface area contributed by atoms with Crippen molar-refractivity contribution in [2.45, 2.75) is 6.92 Å². The van der Waals surface area contributed by atoms with Gasteiger partial charge in [-0.25, -0.2) is 4.98 Å². The summed E-state index contributed by atoms with van der Waals surface area (Å²) >= 11 is 0. The molecule has 2 aromatic heterocycles. The van der Waals surface area contributed by atoms with Crippen LogP contribution in [0.1, 0.15) is 15.9 Å². The number of rotatable bonds is 3. The maximum atomic E-state index is 11.2. The summed E-state index contributed by atoms with van der Waals surface area (Å²) < 4.78 is 1.95. The van der Waals surface area contributed by atoms with Crippen molar-refractivity contribution in [3.05, 3.63) is 60.0 Å². The summed E-state index contributed by atoms with van der Waals surface area (Å²) in [6, 6.07) is 9.12. The summed E-state index contributed by atoms with van der Waals surface area (Å²) in [6.45, 7) is 2.01. The van der Waals surface area contributed by atoms with Gasteiger partial charge in [0.15, 0.2) is 0 Å². The molecule has 0 aliphatic heterocycles. The minimum absolute atomic E-state index is 0.435. The van der Waals surface area contributed by atoms with Gasteiger partial charge in [-0.05, 0) is 36.8 Å². The van der Waals surface area contributed by atoms with E-state index in [1.54, 1.807) is 24.4 Å². The summed E-state index contributed by atoms with van der Waals surface area (Å²) in [5.41, 5.74) is 9.52. The molecule has 0 spiro atoms. The predicted molar refractivity (Wildman–Crippen MR) is 78.2 cm³/mol. The fourth-order valence-electron chi connectivity index (χ4n) is 2.19. The number of hydrogen-bond donors (Lipinski definition) is 2. The van der Waals surface area contributed by atoms with Crippen LogP contribution in [0.25, 0.3) is 5.65 Å². The number of anilines is 2. The highest BCUT2D eigenvalue weighted by Crippen LogP contribution is 2.20. The van der Waals surface area contributed by atoms with E-state index in [9.17, 15) is 4.79 Å². The van der Waals surface area contributed by atoms with Crippen LogP contribution in [-0.4, -0.2) is 15.3 Å². The molecule has 100 valence electrons. The number of amides is 1. The van der Waals surface area contributed by atoms with Gasteiger partial charge < -0.3 is 15.5 Å². The van der Waals surface area contributed by atoms with Crippen molar-refractivity contribution in [3.8, 4) is 0 Å². The topological polar surface area (TPSA) is 72.4 Å². The largest absolute Gasteiger partial charge is 0.366 e. The fourth-order valence-corrected chi connectivity index (χ4v) is 2.19. The smallest absolute Gasteiger partial charge is 0.248 e. The van der Waals surface area contributed by atoms with Gasteiger partial charge in [-0.3, -0.25) is 4.79 Å². The third kappa shape index (κ3) is 2.21. The number of aromatic nitrogens is 2. The van der Waals surface area contributed by atoms with Crippen LogP contribution in [0, 0.1) is 6.92 Å². The lowest BCUT2D eigenvalue weighted by molar-refractivity contribution is 0.100. The van der Waals surface area contributed by atoms with Crippen molar-refractivity contribution in [3.63, 3.8) is 0 Å². The number of hydrogen-bond acceptors (Lipinski definition) is 3. The number of nitrogens with two attached hydrogens (primary N) is 1. The highest BCUT2D eigenvalue weighted by molar-refractivity contribution is 5.93. The van der Waals surface area contributed by atoms with Crippen LogP contribution >= 0.6 is 0 Å². The first-order valence-electron chi connectivity index (χ1n) is 6.24. The van der Waals surface area contributed by atoms with Crippen LogP contribution in [-0.2, 0) is 0 Å². The lowest BCUT2D eigenvalue weighted by Gasteiger charge is -2.09. The molecule has 3 rings (SSSR count). The number of nitrogens with zero attached hydrogens (tertiary/aromatic N) is 2. The van der Waals surface area contributed by atoms with Crippen molar-refractivity contribution in [2.24, 2.45) is 5.73 Å². The highest BCUT2D eigenvalue weighted by atomic mass is 16.1. The van der Waals surface area contributed by atoms with Gasteiger partial charge in [0.2, 0.25) is 5.91 Å². The van der Waals surface area contributed by atoms with Crippen molar-refractivity contribution in [1.82, 2.24) is 9.38 Å². The lowest BCUT2D eigenvalue weighted by atomic mass is 10.2. The number of imidazole rings is 1. The Hall–Kier alpha value is -2.82. The van der Waals surface area contributed by atoms with Crippen LogP contribution in [0.15, 0.2) is 48.9 Å². The van der Waals surface area contributed by atoms with Crippen LogP contribution in [0.2, 0.25) is 0 Å². The molecule has 20 heavy (non-hydrogen) atoms. The SMILES string of the molecule is Cc1cc(Nc2cccc(C(N)=O)c2)cn2ccnc12. The number of carbonyl (C=O) groups is 1. The molecule has 5 nitrogen and oxygen atoms in total. The normalized spacial score (nSPS) is 10.7. The molecule has 1 amide bonds. The molecule has 3 aromatic rings. The molecule has 0 radical (unpaired) electrons. The Morgan fingerprint density at radius 3 is 2.95 bits per heavy atom. The molecular weight excluding hydrogens is 252 g/mol. The predicted octanol–water partition coefficient (Wildman–Crippen LogP) is 2.49. The van der Waals surface area contributed by atoms with E-state index in [1.165, 1.54) is 0 Å². The number of carbonyl (C=O) groups excluding carboxylic acids is 1. The van der Waals surface area contributed by atoms with E-state index in [-0.39, 0.29) is 0 Å². The van der Waals surface area contributed by atoms with Gasteiger partial charge in [0.05, 0.1) is 5.69 Å². The van der Waals surface area contributed by atoms with Crippen LogP contribution in [0.3, 0.4) is 0 Å². The van der Waals surface area contributed by atoms with E-state index in [0.717, 1.165) is 22.6 Å². The Morgan fingerprint density at radius 2 is 2.15 bits per heavy atom. The average Bonchev–Trinajstić information content (AvgIpc) is 2.88. The van der Waals surface area contributed by atoms with Crippen molar-refractivity contribution >= 4 is 22.9 Å². The van der Waals surface area contributed by atoms with E-state index in [2.05, 4.69) is 10.3 Å². The molecule has 0 atom stereocenters.